The first-order valence-electron chi connectivity index (χ1n) is 6.11. The van der Waals surface area contributed by atoms with Crippen LogP contribution in [0.25, 0.3) is 0 Å². The van der Waals surface area contributed by atoms with Crippen molar-refractivity contribution < 1.29 is 14.0 Å². The standard InChI is InChI=1S/C13H13Cl2FN2O2/c14-11(15)13(20)18-7-5-17(6-8-18)12(19)9-3-1-2-4-10(9)16/h1-4,11H,5-8H2. The van der Waals surface area contributed by atoms with Crippen molar-refractivity contribution in [3.8, 4) is 0 Å². The first kappa shape index (κ1) is 15.1. The van der Waals surface area contributed by atoms with E-state index in [4.69, 9.17) is 23.2 Å². The van der Waals surface area contributed by atoms with Crippen molar-refractivity contribution in [2.24, 2.45) is 0 Å². The van der Waals surface area contributed by atoms with Gasteiger partial charge in [0.05, 0.1) is 5.56 Å². The molecule has 0 saturated carbocycles. The van der Waals surface area contributed by atoms with Crippen LogP contribution in [0.2, 0.25) is 0 Å². The molecule has 1 fully saturated rings. The quantitative estimate of drug-likeness (QED) is 0.782. The first-order valence-corrected chi connectivity index (χ1v) is 6.98. The maximum Gasteiger partial charge on any atom is 0.256 e. The van der Waals surface area contributed by atoms with Crippen LogP contribution in [0.15, 0.2) is 24.3 Å². The van der Waals surface area contributed by atoms with E-state index in [9.17, 15) is 14.0 Å². The Morgan fingerprint density at radius 1 is 1.05 bits per heavy atom. The lowest BCUT2D eigenvalue weighted by molar-refractivity contribution is -0.130. The lowest BCUT2D eigenvalue weighted by atomic mass is 10.1. The first-order chi connectivity index (χ1) is 9.50. The summed E-state index contributed by atoms with van der Waals surface area (Å²) in [6.07, 6.45) is 0. The summed E-state index contributed by atoms with van der Waals surface area (Å²) in [6, 6.07) is 5.84. The minimum absolute atomic E-state index is 0.0415. The van der Waals surface area contributed by atoms with Crippen LogP contribution in [0.1, 0.15) is 10.4 Å². The molecule has 20 heavy (non-hydrogen) atoms. The van der Waals surface area contributed by atoms with Crippen molar-refractivity contribution >= 4 is 35.0 Å². The van der Waals surface area contributed by atoms with Gasteiger partial charge in [0.2, 0.25) is 0 Å². The van der Waals surface area contributed by atoms with Gasteiger partial charge >= 0.3 is 0 Å². The van der Waals surface area contributed by atoms with Crippen LogP contribution in [0.5, 0.6) is 0 Å². The molecule has 2 amide bonds. The van der Waals surface area contributed by atoms with Crippen molar-refractivity contribution in [3.63, 3.8) is 0 Å². The average Bonchev–Trinajstić information content (AvgIpc) is 2.46. The summed E-state index contributed by atoms with van der Waals surface area (Å²) in [5, 5.41) is 0. The second-order valence-corrected chi connectivity index (χ2v) is 5.49. The average molecular weight is 319 g/mol. The van der Waals surface area contributed by atoms with E-state index in [1.807, 2.05) is 0 Å². The third-order valence-electron chi connectivity index (χ3n) is 3.17. The van der Waals surface area contributed by atoms with Gasteiger partial charge in [0.1, 0.15) is 5.82 Å². The topological polar surface area (TPSA) is 40.6 Å². The van der Waals surface area contributed by atoms with Gasteiger partial charge in [0, 0.05) is 26.2 Å². The lowest BCUT2D eigenvalue weighted by Crippen LogP contribution is -2.51. The van der Waals surface area contributed by atoms with E-state index in [1.54, 1.807) is 6.07 Å². The molecule has 7 heteroatoms. The van der Waals surface area contributed by atoms with Gasteiger partial charge < -0.3 is 9.80 Å². The minimum Gasteiger partial charge on any atom is -0.337 e. The van der Waals surface area contributed by atoms with E-state index >= 15 is 0 Å². The smallest absolute Gasteiger partial charge is 0.256 e. The highest BCUT2D eigenvalue weighted by Crippen LogP contribution is 2.14. The van der Waals surface area contributed by atoms with Crippen molar-refractivity contribution in [1.82, 2.24) is 9.80 Å². The molecule has 1 aliphatic heterocycles. The number of halogens is 3. The number of nitrogens with zero attached hydrogens (tertiary/aromatic N) is 2. The van der Waals surface area contributed by atoms with Gasteiger partial charge in [-0.3, -0.25) is 9.59 Å². The van der Waals surface area contributed by atoms with Gasteiger partial charge in [-0.2, -0.15) is 0 Å². The predicted molar refractivity (Wildman–Crippen MR) is 74.4 cm³/mol. The number of hydrogen-bond donors (Lipinski definition) is 0. The SMILES string of the molecule is O=C(c1ccccc1F)N1CCN(C(=O)C(Cl)Cl)CC1. The molecule has 108 valence electrons. The Labute approximate surface area is 126 Å². The van der Waals surface area contributed by atoms with Crippen molar-refractivity contribution in [1.29, 1.82) is 0 Å². The normalized spacial score (nSPS) is 15.6. The molecule has 0 aliphatic carbocycles. The van der Waals surface area contributed by atoms with Crippen LogP contribution in [-0.4, -0.2) is 52.6 Å². The third kappa shape index (κ3) is 3.22. The molecule has 0 atom stereocenters. The van der Waals surface area contributed by atoms with Crippen molar-refractivity contribution in [2.45, 2.75) is 4.84 Å². The highest BCUT2D eigenvalue weighted by atomic mass is 35.5. The summed E-state index contributed by atoms with van der Waals surface area (Å²) in [4.78, 5) is 25.7. The molecule has 2 rings (SSSR count). The molecule has 0 bridgehead atoms. The van der Waals surface area contributed by atoms with Gasteiger partial charge in [-0.15, -0.1) is 0 Å². The van der Waals surface area contributed by atoms with Gasteiger partial charge in [-0.25, -0.2) is 4.39 Å². The van der Waals surface area contributed by atoms with Gasteiger partial charge in [-0.05, 0) is 12.1 Å². The summed E-state index contributed by atoms with van der Waals surface area (Å²) in [7, 11) is 0. The number of alkyl halides is 2. The summed E-state index contributed by atoms with van der Waals surface area (Å²) < 4.78 is 13.6. The monoisotopic (exact) mass is 318 g/mol. The number of benzene rings is 1. The van der Waals surface area contributed by atoms with E-state index in [2.05, 4.69) is 0 Å². The highest BCUT2D eigenvalue weighted by molar-refractivity contribution is 6.53. The lowest BCUT2D eigenvalue weighted by Gasteiger charge is -2.35. The number of carbonyl (C=O) groups excluding carboxylic acids is 2. The van der Waals surface area contributed by atoms with Gasteiger partial charge in [-0.1, -0.05) is 35.3 Å². The van der Waals surface area contributed by atoms with E-state index in [-0.39, 0.29) is 17.4 Å². The fourth-order valence-electron chi connectivity index (χ4n) is 2.07. The molecule has 4 nitrogen and oxygen atoms in total. The Morgan fingerprint density at radius 3 is 2.15 bits per heavy atom. The highest BCUT2D eigenvalue weighted by Gasteiger charge is 2.28. The number of rotatable bonds is 2. The maximum atomic E-state index is 13.6. The Kier molecular flexibility index (Phi) is 4.83. The number of amides is 2. The van der Waals surface area contributed by atoms with Crippen molar-refractivity contribution in [2.75, 3.05) is 26.2 Å². The molecule has 0 N–H and O–H groups in total. The molecule has 1 aromatic rings. The molecule has 1 aliphatic rings. The van der Waals surface area contributed by atoms with E-state index in [0.29, 0.717) is 26.2 Å². The zero-order valence-electron chi connectivity index (χ0n) is 10.6. The second-order valence-electron chi connectivity index (χ2n) is 4.40. The summed E-state index contributed by atoms with van der Waals surface area (Å²) >= 11 is 11.0. The number of hydrogen-bond acceptors (Lipinski definition) is 2. The Hall–Kier alpha value is -1.33. The third-order valence-corrected chi connectivity index (χ3v) is 3.54. The molecule has 0 aromatic heterocycles. The molecule has 0 spiro atoms. The molecule has 0 radical (unpaired) electrons. The van der Waals surface area contributed by atoms with Crippen LogP contribution in [0.3, 0.4) is 0 Å². The molecule has 0 unspecified atom stereocenters. The summed E-state index contributed by atoms with van der Waals surface area (Å²) in [5.41, 5.74) is 0.0415. The maximum absolute atomic E-state index is 13.6. The zero-order chi connectivity index (χ0) is 14.7. The van der Waals surface area contributed by atoms with Crippen LogP contribution in [0.4, 0.5) is 4.39 Å². The van der Waals surface area contributed by atoms with Crippen LogP contribution in [-0.2, 0) is 4.79 Å². The zero-order valence-corrected chi connectivity index (χ0v) is 12.1. The minimum atomic E-state index is -1.09. The Balaban J connectivity index is 1.99. The van der Waals surface area contributed by atoms with E-state index < -0.39 is 10.7 Å². The van der Waals surface area contributed by atoms with Gasteiger partial charge in [0.15, 0.2) is 4.84 Å². The van der Waals surface area contributed by atoms with Crippen molar-refractivity contribution in [3.05, 3.63) is 35.6 Å². The largest absolute Gasteiger partial charge is 0.337 e. The predicted octanol–water partition coefficient (Wildman–Crippen LogP) is 1.91. The Morgan fingerprint density at radius 2 is 1.60 bits per heavy atom. The Bertz CT molecular complexity index is 517. The van der Waals surface area contributed by atoms with Gasteiger partial charge in [0.25, 0.3) is 11.8 Å². The number of piperazine rings is 1. The molecule has 1 heterocycles. The molecule has 1 aromatic carbocycles. The molecular weight excluding hydrogens is 306 g/mol. The van der Waals surface area contributed by atoms with E-state index in [1.165, 1.54) is 28.0 Å². The fourth-order valence-corrected chi connectivity index (χ4v) is 2.35. The second kappa shape index (κ2) is 6.41. The van der Waals surface area contributed by atoms with Crippen LogP contribution >= 0.6 is 23.2 Å². The number of carbonyl (C=O) groups is 2. The summed E-state index contributed by atoms with van der Waals surface area (Å²) in [6.45, 7) is 1.35. The van der Waals surface area contributed by atoms with Crippen LogP contribution < -0.4 is 0 Å². The van der Waals surface area contributed by atoms with E-state index in [0.717, 1.165) is 0 Å². The fraction of sp³-hybridized carbons (Fsp3) is 0.385. The summed E-state index contributed by atoms with van der Waals surface area (Å²) in [5.74, 6) is -1.28. The van der Waals surface area contributed by atoms with Crippen LogP contribution in [0, 0.1) is 5.82 Å². The molecule has 1 saturated heterocycles. The molecular formula is C13H13Cl2FN2O2.